The van der Waals surface area contributed by atoms with Crippen LogP contribution < -0.4 is 10.2 Å². The number of aryl methyl sites for hydroxylation is 1. The molecule has 1 saturated heterocycles. The lowest BCUT2D eigenvalue weighted by atomic mass is 10.3. The molecular formula is C13H15N5O3. The number of morpholine rings is 1. The highest BCUT2D eigenvalue weighted by atomic mass is 16.5. The van der Waals surface area contributed by atoms with Crippen LogP contribution in [-0.4, -0.2) is 47.3 Å². The number of aromatic nitrogens is 3. The Labute approximate surface area is 121 Å². The number of carbonyl (C=O) groups is 1. The second-order valence-corrected chi connectivity index (χ2v) is 4.65. The highest BCUT2D eigenvalue weighted by molar-refractivity contribution is 6.03. The minimum Gasteiger partial charge on any atom is -0.378 e. The summed E-state index contributed by atoms with van der Waals surface area (Å²) in [5, 5.41) is 6.32. The van der Waals surface area contributed by atoms with Gasteiger partial charge in [0.25, 0.3) is 5.91 Å². The monoisotopic (exact) mass is 289 g/mol. The summed E-state index contributed by atoms with van der Waals surface area (Å²) < 4.78 is 10.2. The van der Waals surface area contributed by atoms with Gasteiger partial charge in [-0.3, -0.25) is 4.79 Å². The largest absolute Gasteiger partial charge is 0.378 e. The number of amides is 1. The summed E-state index contributed by atoms with van der Waals surface area (Å²) >= 11 is 0. The predicted octanol–water partition coefficient (Wildman–Crippen LogP) is 0.862. The van der Waals surface area contributed by atoms with Gasteiger partial charge in [-0.1, -0.05) is 5.16 Å². The molecule has 2 aromatic rings. The van der Waals surface area contributed by atoms with Gasteiger partial charge in [0, 0.05) is 31.5 Å². The van der Waals surface area contributed by atoms with Crippen LogP contribution in [0, 0.1) is 6.92 Å². The molecule has 1 aliphatic rings. The van der Waals surface area contributed by atoms with Crippen LogP contribution in [0.5, 0.6) is 0 Å². The summed E-state index contributed by atoms with van der Waals surface area (Å²) in [5.74, 6) is 1.28. The Bertz CT molecular complexity index is 619. The summed E-state index contributed by atoms with van der Waals surface area (Å²) in [6, 6.07) is 1.64. The lowest BCUT2D eigenvalue weighted by Gasteiger charge is -2.26. The SMILES string of the molecule is Cc1cc(NC(=O)c2cnc(N3CCOCC3)nc2)no1. The van der Waals surface area contributed by atoms with Crippen molar-refractivity contribution in [2.24, 2.45) is 0 Å². The third-order valence-electron chi connectivity index (χ3n) is 3.06. The molecule has 0 saturated carbocycles. The van der Waals surface area contributed by atoms with Crippen molar-refractivity contribution in [1.29, 1.82) is 0 Å². The van der Waals surface area contributed by atoms with E-state index in [2.05, 4.69) is 20.4 Å². The van der Waals surface area contributed by atoms with Crippen molar-refractivity contribution in [2.75, 3.05) is 36.5 Å². The molecule has 3 rings (SSSR count). The van der Waals surface area contributed by atoms with E-state index < -0.39 is 0 Å². The molecule has 8 nitrogen and oxygen atoms in total. The standard InChI is InChI=1S/C13H15N5O3/c1-9-6-11(17-21-9)16-12(19)10-7-14-13(15-8-10)18-2-4-20-5-3-18/h6-8H,2-5H2,1H3,(H,16,17,19). The number of nitrogens with one attached hydrogen (secondary N) is 1. The summed E-state index contributed by atoms with van der Waals surface area (Å²) in [5.41, 5.74) is 0.368. The molecule has 1 N–H and O–H groups in total. The molecule has 0 radical (unpaired) electrons. The first kappa shape index (κ1) is 13.5. The van der Waals surface area contributed by atoms with E-state index in [0.717, 1.165) is 13.1 Å². The number of anilines is 2. The first-order valence-electron chi connectivity index (χ1n) is 6.62. The maximum atomic E-state index is 12.0. The van der Waals surface area contributed by atoms with E-state index in [9.17, 15) is 4.79 Å². The summed E-state index contributed by atoms with van der Waals surface area (Å²) in [4.78, 5) is 22.5. The summed E-state index contributed by atoms with van der Waals surface area (Å²) in [7, 11) is 0. The summed E-state index contributed by atoms with van der Waals surface area (Å²) in [6.07, 6.45) is 3.00. The maximum absolute atomic E-state index is 12.0. The number of hydrogen-bond acceptors (Lipinski definition) is 7. The van der Waals surface area contributed by atoms with E-state index >= 15 is 0 Å². The molecule has 0 aliphatic carbocycles. The van der Waals surface area contributed by atoms with Gasteiger partial charge >= 0.3 is 0 Å². The Kier molecular flexibility index (Phi) is 3.78. The number of ether oxygens (including phenoxy) is 1. The zero-order valence-electron chi connectivity index (χ0n) is 11.6. The first-order chi connectivity index (χ1) is 10.2. The zero-order chi connectivity index (χ0) is 14.7. The van der Waals surface area contributed by atoms with Crippen LogP contribution in [0.4, 0.5) is 11.8 Å². The van der Waals surface area contributed by atoms with Gasteiger partial charge in [0.05, 0.1) is 18.8 Å². The number of carbonyl (C=O) groups excluding carboxylic acids is 1. The molecule has 21 heavy (non-hydrogen) atoms. The van der Waals surface area contributed by atoms with Crippen LogP contribution in [0.3, 0.4) is 0 Å². The highest BCUT2D eigenvalue weighted by Gasteiger charge is 2.15. The van der Waals surface area contributed by atoms with Gasteiger partial charge in [-0.2, -0.15) is 0 Å². The molecule has 1 aliphatic heterocycles. The Morgan fingerprint density at radius 3 is 2.62 bits per heavy atom. The molecule has 2 aromatic heterocycles. The Morgan fingerprint density at radius 2 is 2.00 bits per heavy atom. The molecular weight excluding hydrogens is 274 g/mol. The quantitative estimate of drug-likeness (QED) is 0.895. The van der Waals surface area contributed by atoms with Crippen LogP contribution in [0.2, 0.25) is 0 Å². The van der Waals surface area contributed by atoms with Crippen LogP contribution in [-0.2, 0) is 4.74 Å². The van der Waals surface area contributed by atoms with Crippen molar-refractivity contribution >= 4 is 17.7 Å². The normalized spacial score (nSPS) is 15.0. The third kappa shape index (κ3) is 3.16. The van der Waals surface area contributed by atoms with E-state index in [1.807, 2.05) is 4.90 Å². The average Bonchev–Trinajstić information content (AvgIpc) is 2.93. The Balaban J connectivity index is 1.67. The summed E-state index contributed by atoms with van der Waals surface area (Å²) in [6.45, 7) is 4.59. The van der Waals surface area contributed by atoms with E-state index in [1.54, 1.807) is 13.0 Å². The van der Waals surface area contributed by atoms with Gasteiger partial charge in [-0.25, -0.2) is 9.97 Å². The van der Waals surface area contributed by atoms with Gasteiger partial charge in [0.1, 0.15) is 5.76 Å². The van der Waals surface area contributed by atoms with Gasteiger partial charge in [0.15, 0.2) is 5.82 Å². The van der Waals surface area contributed by atoms with Crippen molar-refractivity contribution in [2.45, 2.75) is 6.92 Å². The van der Waals surface area contributed by atoms with Crippen LogP contribution >= 0.6 is 0 Å². The van der Waals surface area contributed by atoms with Crippen LogP contribution in [0.1, 0.15) is 16.1 Å². The fraction of sp³-hybridized carbons (Fsp3) is 0.385. The first-order valence-corrected chi connectivity index (χ1v) is 6.62. The molecule has 1 fully saturated rings. The zero-order valence-corrected chi connectivity index (χ0v) is 11.6. The molecule has 8 heteroatoms. The van der Waals surface area contributed by atoms with E-state index in [1.165, 1.54) is 12.4 Å². The fourth-order valence-corrected chi connectivity index (χ4v) is 1.98. The number of hydrogen-bond donors (Lipinski definition) is 1. The lowest BCUT2D eigenvalue weighted by molar-refractivity contribution is 0.102. The Morgan fingerprint density at radius 1 is 1.29 bits per heavy atom. The highest BCUT2D eigenvalue weighted by Crippen LogP contribution is 2.11. The molecule has 1 amide bonds. The van der Waals surface area contributed by atoms with Crippen LogP contribution in [0.25, 0.3) is 0 Å². The third-order valence-corrected chi connectivity index (χ3v) is 3.06. The lowest BCUT2D eigenvalue weighted by Crippen LogP contribution is -2.37. The van der Waals surface area contributed by atoms with E-state index in [4.69, 9.17) is 9.26 Å². The molecule has 0 spiro atoms. The minimum absolute atomic E-state index is 0.322. The predicted molar refractivity (Wildman–Crippen MR) is 74.3 cm³/mol. The molecule has 0 atom stereocenters. The smallest absolute Gasteiger partial charge is 0.260 e. The second kappa shape index (κ2) is 5.88. The van der Waals surface area contributed by atoms with Crippen molar-refractivity contribution in [3.8, 4) is 0 Å². The van der Waals surface area contributed by atoms with Crippen LogP contribution in [0.15, 0.2) is 23.0 Å². The average molecular weight is 289 g/mol. The number of nitrogens with zero attached hydrogens (tertiary/aromatic N) is 4. The second-order valence-electron chi connectivity index (χ2n) is 4.65. The number of rotatable bonds is 3. The topological polar surface area (TPSA) is 93.4 Å². The minimum atomic E-state index is -0.322. The van der Waals surface area contributed by atoms with Crippen molar-refractivity contribution in [3.05, 3.63) is 29.8 Å². The van der Waals surface area contributed by atoms with Gasteiger partial charge in [-0.15, -0.1) is 0 Å². The van der Waals surface area contributed by atoms with Crippen molar-refractivity contribution < 1.29 is 14.1 Å². The van der Waals surface area contributed by atoms with Gasteiger partial charge in [-0.05, 0) is 6.92 Å². The molecule has 0 unspecified atom stereocenters. The van der Waals surface area contributed by atoms with E-state index in [-0.39, 0.29) is 5.91 Å². The fourth-order valence-electron chi connectivity index (χ4n) is 1.98. The molecule has 110 valence electrons. The van der Waals surface area contributed by atoms with E-state index in [0.29, 0.717) is 36.3 Å². The Hall–Kier alpha value is -2.48. The van der Waals surface area contributed by atoms with Gasteiger partial charge < -0.3 is 19.5 Å². The maximum Gasteiger partial charge on any atom is 0.260 e. The van der Waals surface area contributed by atoms with Crippen molar-refractivity contribution in [1.82, 2.24) is 15.1 Å². The van der Waals surface area contributed by atoms with Crippen molar-refractivity contribution in [3.63, 3.8) is 0 Å². The molecule has 0 aromatic carbocycles. The molecule has 0 bridgehead atoms. The molecule has 3 heterocycles. The van der Waals surface area contributed by atoms with Gasteiger partial charge in [0.2, 0.25) is 5.95 Å².